The quantitative estimate of drug-likeness (QED) is 0.520. The average molecular weight is 451 g/mol. The summed E-state index contributed by atoms with van der Waals surface area (Å²) >= 11 is 0. The fourth-order valence-corrected chi connectivity index (χ4v) is 7.27. The van der Waals surface area contributed by atoms with Crippen molar-refractivity contribution >= 4 is 11.6 Å². The molecule has 178 valence electrons. The van der Waals surface area contributed by atoms with Crippen LogP contribution in [0, 0.1) is 28.6 Å². The first-order chi connectivity index (χ1) is 14.9. The number of hydrogen-bond acceptors (Lipinski definition) is 8. The molecule has 0 radical (unpaired) electrons. The maximum absolute atomic E-state index is 13.2. The van der Waals surface area contributed by atoms with Crippen LogP contribution in [0.2, 0.25) is 0 Å². The lowest BCUT2D eigenvalue weighted by molar-refractivity contribution is -0.469. The predicted octanol–water partition coefficient (Wildman–Crippen LogP) is 1.48. The smallest absolute Gasteiger partial charge is 0.393 e. The van der Waals surface area contributed by atoms with Crippen molar-refractivity contribution in [2.45, 2.75) is 63.8 Å². The molecule has 0 aromatic rings. The lowest BCUT2D eigenvalue weighted by Gasteiger charge is -2.59. The number of rotatable bonds is 6. The second kappa shape index (κ2) is 7.82. The Labute approximate surface area is 188 Å². The van der Waals surface area contributed by atoms with Crippen LogP contribution in [-0.2, 0) is 23.8 Å². The number of fused-ring (bicyclic) bond motifs is 5. The second-order valence-corrected chi connectivity index (χ2v) is 10.3. The normalized spacial score (nSPS) is 43.3. The maximum Gasteiger partial charge on any atom is 0.410 e. The molecule has 4 aliphatic rings. The van der Waals surface area contributed by atoms with Crippen LogP contribution in [0.4, 0.5) is 0 Å². The molecule has 0 aromatic carbocycles. The minimum Gasteiger partial charge on any atom is -0.393 e. The number of ketones is 2. The number of ether oxygens (including phenoxy) is 3. The summed E-state index contributed by atoms with van der Waals surface area (Å²) in [5.74, 6) is -0.504. The average Bonchev–Trinajstić information content (AvgIpc) is 3.03. The van der Waals surface area contributed by atoms with E-state index in [1.165, 1.54) is 14.2 Å². The van der Waals surface area contributed by atoms with Crippen molar-refractivity contribution in [3.05, 3.63) is 23.8 Å². The molecule has 0 bridgehead atoms. The van der Waals surface area contributed by atoms with E-state index in [-0.39, 0.29) is 36.4 Å². The van der Waals surface area contributed by atoms with Crippen molar-refractivity contribution in [2.75, 3.05) is 20.8 Å². The fourth-order valence-electron chi connectivity index (χ4n) is 7.27. The topological polar surface area (TPSA) is 123 Å². The van der Waals surface area contributed by atoms with E-state index in [2.05, 4.69) is 6.92 Å². The van der Waals surface area contributed by atoms with Crippen molar-refractivity contribution in [3.63, 3.8) is 0 Å². The van der Waals surface area contributed by atoms with Gasteiger partial charge in [0.05, 0.1) is 6.10 Å². The Morgan fingerprint density at radius 2 is 1.94 bits per heavy atom. The van der Waals surface area contributed by atoms with E-state index in [4.69, 9.17) is 14.2 Å². The van der Waals surface area contributed by atoms with E-state index >= 15 is 0 Å². The van der Waals surface area contributed by atoms with Gasteiger partial charge < -0.3 is 24.8 Å². The molecule has 3 saturated carbocycles. The van der Waals surface area contributed by atoms with Gasteiger partial charge in [0, 0.05) is 31.0 Å². The van der Waals surface area contributed by atoms with E-state index in [1.807, 2.05) is 13.0 Å². The zero-order chi connectivity index (χ0) is 23.5. The van der Waals surface area contributed by atoms with E-state index in [1.54, 1.807) is 12.2 Å². The van der Waals surface area contributed by atoms with E-state index in [0.29, 0.717) is 6.42 Å². The predicted molar refractivity (Wildman–Crippen MR) is 113 cm³/mol. The van der Waals surface area contributed by atoms with Gasteiger partial charge in [0.25, 0.3) is 0 Å². The number of Topliss-reactive ketones (excluding diaryl/α,β-unsaturated/α-hetero) is 1. The number of hydrogen-bond donors (Lipinski definition) is 3. The molecular formula is C24H34O8. The summed E-state index contributed by atoms with van der Waals surface area (Å²) in [5, 5.41) is 33.0. The molecule has 0 heterocycles. The number of carbonyl (C=O) groups is 2. The van der Waals surface area contributed by atoms with Crippen LogP contribution in [0.15, 0.2) is 23.8 Å². The van der Waals surface area contributed by atoms with Crippen molar-refractivity contribution < 1.29 is 39.1 Å². The second-order valence-electron chi connectivity index (χ2n) is 10.3. The van der Waals surface area contributed by atoms with Crippen molar-refractivity contribution in [1.29, 1.82) is 0 Å². The van der Waals surface area contributed by atoms with E-state index in [0.717, 1.165) is 18.4 Å². The van der Waals surface area contributed by atoms with Crippen molar-refractivity contribution in [2.24, 2.45) is 28.6 Å². The van der Waals surface area contributed by atoms with Crippen molar-refractivity contribution in [1.82, 2.24) is 0 Å². The molecule has 7 atom stereocenters. The van der Waals surface area contributed by atoms with E-state index in [9.17, 15) is 24.9 Å². The van der Waals surface area contributed by atoms with Gasteiger partial charge in [-0.05, 0) is 56.1 Å². The first kappa shape index (κ1) is 23.7. The highest BCUT2D eigenvalue weighted by Crippen LogP contribution is 2.67. The lowest BCUT2D eigenvalue weighted by Crippen LogP contribution is -2.62. The Hall–Kier alpha value is -1.42. The largest absolute Gasteiger partial charge is 0.410 e. The maximum atomic E-state index is 13.2. The Morgan fingerprint density at radius 3 is 2.59 bits per heavy atom. The number of carbonyl (C=O) groups excluding carboxylic acids is 2. The first-order valence-electron chi connectivity index (χ1n) is 11.3. The minimum atomic E-state index is -2.37. The third-order valence-electron chi connectivity index (χ3n) is 9.01. The SMILES string of the molecule is COC(O)(OC)OCC(=O)[C@@]1(O)CC[C@H]2[C@@H]3CCC4=CC(=O)C=C[C@]4(C)[C@H]3C(O)C[C@@]21C. The summed E-state index contributed by atoms with van der Waals surface area (Å²) in [4.78, 5) is 25.1. The summed E-state index contributed by atoms with van der Waals surface area (Å²) in [6.45, 7) is 3.38. The molecule has 8 nitrogen and oxygen atoms in total. The Balaban J connectivity index is 1.60. The van der Waals surface area contributed by atoms with Gasteiger partial charge >= 0.3 is 6.16 Å². The molecule has 0 spiro atoms. The number of aliphatic hydroxyl groups excluding tert-OH is 1. The number of methoxy groups -OCH3 is 2. The minimum absolute atomic E-state index is 0.0148. The molecule has 0 amide bonds. The van der Waals surface area contributed by atoms with Gasteiger partial charge in [-0.15, -0.1) is 0 Å². The highest BCUT2D eigenvalue weighted by atomic mass is 17.0. The molecule has 4 aliphatic carbocycles. The van der Waals surface area contributed by atoms with Gasteiger partial charge in [0.1, 0.15) is 12.2 Å². The molecule has 1 unspecified atom stereocenters. The van der Waals surface area contributed by atoms with Crippen LogP contribution in [0.3, 0.4) is 0 Å². The highest BCUT2D eigenvalue weighted by Gasteiger charge is 2.68. The Morgan fingerprint density at radius 1 is 1.25 bits per heavy atom. The van der Waals surface area contributed by atoms with Crippen LogP contribution in [0.5, 0.6) is 0 Å². The van der Waals surface area contributed by atoms with Gasteiger partial charge in [-0.1, -0.05) is 25.5 Å². The van der Waals surface area contributed by atoms with Gasteiger partial charge in [0.2, 0.25) is 0 Å². The summed E-state index contributed by atoms with van der Waals surface area (Å²) in [6.07, 6.45) is 4.88. The van der Waals surface area contributed by atoms with Crippen LogP contribution in [0.25, 0.3) is 0 Å². The third kappa shape index (κ3) is 3.27. The zero-order valence-electron chi connectivity index (χ0n) is 19.2. The molecule has 0 aliphatic heterocycles. The lowest BCUT2D eigenvalue weighted by atomic mass is 9.46. The Bertz CT molecular complexity index is 860. The van der Waals surface area contributed by atoms with Gasteiger partial charge in [0.15, 0.2) is 11.6 Å². The van der Waals surface area contributed by atoms with E-state index < -0.39 is 41.1 Å². The molecule has 3 fully saturated rings. The zero-order valence-corrected chi connectivity index (χ0v) is 19.2. The van der Waals surface area contributed by atoms with Crippen LogP contribution in [0.1, 0.15) is 46.0 Å². The van der Waals surface area contributed by atoms with Crippen LogP contribution >= 0.6 is 0 Å². The Kier molecular flexibility index (Phi) is 5.80. The molecule has 0 aromatic heterocycles. The monoisotopic (exact) mass is 450 g/mol. The summed E-state index contributed by atoms with van der Waals surface area (Å²) in [5.41, 5.74) is -1.87. The standard InChI is InChI=1S/C24H34O8/c1-21-9-7-15(25)11-14(21)5-6-16-17-8-10-23(28,22(17,2)12-18(26)20(16)21)19(27)13-32-24(29,30-3)31-4/h7,9,11,16-18,20,26,28-29H,5-6,8,10,12-13H2,1-4H3/t16-,17-,18?,20+,21-,22-,23-/m0/s1. The van der Waals surface area contributed by atoms with Gasteiger partial charge in [-0.25, -0.2) is 0 Å². The van der Waals surface area contributed by atoms with Crippen molar-refractivity contribution in [3.8, 4) is 0 Å². The molecule has 8 heteroatoms. The molecular weight excluding hydrogens is 416 g/mol. The summed E-state index contributed by atoms with van der Waals surface area (Å²) < 4.78 is 14.6. The van der Waals surface area contributed by atoms with Gasteiger partial charge in [-0.2, -0.15) is 0 Å². The summed E-state index contributed by atoms with van der Waals surface area (Å²) in [6, 6.07) is 0. The third-order valence-corrected chi connectivity index (χ3v) is 9.01. The molecule has 32 heavy (non-hydrogen) atoms. The molecule has 4 rings (SSSR count). The number of allylic oxidation sites excluding steroid dienone is 4. The summed E-state index contributed by atoms with van der Waals surface area (Å²) in [7, 11) is 2.35. The highest BCUT2D eigenvalue weighted by molar-refractivity contribution is 6.01. The van der Waals surface area contributed by atoms with Crippen LogP contribution in [-0.4, -0.2) is 65.6 Å². The van der Waals surface area contributed by atoms with Gasteiger partial charge in [-0.3, -0.25) is 14.3 Å². The fraction of sp³-hybridized carbons (Fsp3) is 0.750. The molecule has 3 N–H and O–H groups in total. The molecule has 0 saturated heterocycles. The first-order valence-corrected chi connectivity index (χ1v) is 11.3. The van der Waals surface area contributed by atoms with Crippen LogP contribution < -0.4 is 0 Å². The number of aliphatic hydroxyl groups is 3.